The van der Waals surface area contributed by atoms with Gasteiger partial charge in [-0.15, -0.1) is 0 Å². The first-order valence-corrected chi connectivity index (χ1v) is 18.7. The Morgan fingerprint density at radius 1 is 0.610 bits per heavy atom. The molecule has 0 aliphatic rings. The number of carbonyl (C=O) groups is 1. The average Bonchev–Trinajstić information content (AvgIpc) is 2.97. The Morgan fingerprint density at radius 3 is 1.51 bits per heavy atom. The van der Waals surface area contributed by atoms with Gasteiger partial charge in [0.25, 0.3) is 0 Å². The summed E-state index contributed by atoms with van der Waals surface area (Å²) in [6.45, 7) is 6.25. The van der Waals surface area contributed by atoms with Gasteiger partial charge in [0.2, 0.25) is 8.60 Å². The van der Waals surface area contributed by atoms with Crippen molar-refractivity contribution >= 4 is 14.6 Å². The fraction of sp³-hybridized carbons (Fsp3) is 0.970. The van der Waals surface area contributed by atoms with Crippen LogP contribution in [-0.4, -0.2) is 45.0 Å². The lowest BCUT2D eigenvalue weighted by atomic mass is 10.1. The molecule has 246 valence electrons. The van der Waals surface area contributed by atoms with Gasteiger partial charge in [-0.05, 0) is 12.8 Å². The maximum absolute atomic E-state index is 12.4. The first kappa shape index (κ1) is 40.7. The number of quaternary nitrogens is 1. The molecule has 0 saturated heterocycles. The fourth-order valence-corrected chi connectivity index (χ4v) is 5.63. The smallest absolute Gasteiger partial charge is 0.306 e. The molecular weight excluding hydrogens is 537 g/mol. The van der Waals surface area contributed by atoms with Crippen LogP contribution in [-0.2, 0) is 23.3 Å². The van der Waals surface area contributed by atoms with E-state index in [9.17, 15) is 9.69 Å². The monoisotopic (exact) mass is 606 g/mol. The molecule has 0 amide bonds. The van der Waals surface area contributed by atoms with Gasteiger partial charge < -0.3 is 20.1 Å². The lowest BCUT2D eigenvalue weighted by Gasteiger charge is -2.19. The molecule has 2 unspecified atom stereocenters. The van der Waals surface area contributed by atoms with Crippen LogP contribution < -0.4 is 10.6 Å². The van der Waals surface area contributed by atoms with Gasteiger partial charge in [-0.25, -0.2) is 9.05 Å². The van der Waals surface area contributed by atoms with Crippen LogP contribution in [0.3, 0.4) is 0 Å². The molecule has 8 heteroatoms. The molecule has 41 heavy (non-hydrogen) atoms. The minimum atomic E-state index is -2.61. The summed E-state index contributed by atoms with van der Waals surface area (Å²) in [7, 11) is -2.61. The molecule has 0 spiro atoms. The highest BCUT2D eigenvalue weighted by molar-refractivity contribution is 7.39. The molecule has 0 saturated carbocycles. The molecule has 0 aromatic heterocycles. The molecule has 0 heterocycles. The van der Waals surface area contributed by atoms with Crippen molar-refractivity contribution in [2.75, 3.05) is 33.0 Å². The summed E-state index contributed by atoms with van der Waals surface area (Å²) in [5.41, 5.74) is 3.67. The van der Waals surface area contributed by atoms with E-state index >= 15 is 0 Å². The predicted octanol–water partition coefficient (Wildman–Crippen LogP) is 7.91. The van der Waals surface area contributed by atoms with Gasteiger partial charge in [0.1, 0.15) is 19.8 Å². The fourth-order valence-electron chi connectivity index (χ4n) is 4.91. The van der Waals surface area contributed by atoms with Crippen LogP contribution >= 0.6 is 8.60 Å². The highest BCUT2D eigenvalue weighted by atomic mass is 31.2. The number of carbonyl (C=O) groups excluding carboxylic acids is 1. The third-order valence-corrected chi connectivity index (χ3v) is 8.32. The number of hydrogen-bond acceptors (Lipinski definition) is 6. The van der Waals surface area contributed by atoms with Crippen molar-refractivity contribution in [3.8, 4) is 0 Å². The van der Waals surface area contributed by atoms with Crippen molar-refractivity contribution in [3.63, 3.8) is 0 Å². The van der Waals surface area contributed by atoms with E-state index in [-0.39, 0.29) is 25.8 Å². The zero-order valence-electron chi connectivity index (χ0n) is 27.2. The van der Waals surface area contributed by atoms with Crippen molar-refractivity contribution in [2.24, 2.45) is 0 Å². The Labute approximate surface area is 255 Å². The number of unbranched alkanes of at least 4 members (excludes halogenated alkanes) is 21. The van der Waals surface area contributed by atoms with Gasteiger partial charge in [-0.3, -0.25) is 4.79 Å². The van der Waals surface area contributed by atoms with E-state index < -0.39 is 14.7 Å². The van der Waals surface area contributed by atoms with Crippen molar-refractivity contribution in [1.82, 2.24) is 0 Å². The minimum absolute atomic E-state index is 0.0252. The van der Waals surface area contributed by atoms with Gasteiger partial charge in [0.15, 0.2) is 6.10 Å². The molecule has 7 nitrogen and oxygen atoms in total. The molecule has 0 bridgehead atoms. The van der Waals surface area contributed by atoms with E-state index in [1.54, 1.807) is 0 Å². The molecule has 3 N–H and O–H groups in total. The van der Waals surface area contributed by atoms with Crippen molar-refractivity contribution in [3.05, 3.63) is 0 Å². The summed E-state index contributed by atoms with van der Waals surface area (Å²) in [5.74, 6) is -0.234. The lowest BCUT2D eigenvalue weighted by Crippen LogP contribution is -2.52. The molecule has 0 aromatic carbocycles. The Balaban J connectivity index is 3.97. The second kappa shape index (κ2) is 34.2. The van der Waals surface area contributed by atoms with Crippen molar-refractivity contribution < 1.29 is 33.9 Å². The van der Waals surface area contributed by atoms with Gasteiger partial charge in [-0.1, -0.05) is 149 Å². The van der Waals surface area contributed by atoms with Crippen LogP contribution in [0.4, 0.5) is 0 Å². The molecule has 0 radical (unpaired) electrons. The predicted molar refractivity (Wildman–Crippen MR) is 171 cm³/mol. The number of hydrogen-bond donors (Lipinski definition) is 1. The van der Waals surface area contributed by atoms with Gasteiger partial charge in [-0.2, -0.15) is 0 Å². The summed E-state index contributed by atoms with van der Waals surface area (Å²) in [4.78, 5) is 24.3. The van der Waals surface area contributed by atoms with E-state index in [0.717, 1.165) is 25.7 Å². The Kier molecular flexibility index (Phi) is 33.9. The van der Waals surface area contributed by atoms with Crippen molar-refractivity contribution in [1.29, 1.82) is 0 Å². The summed E-state index contributed by atoms with van der Waals surface area (Å²) >= 11 is 0. The van der Waals surface area contributed by atoms with E-state index in [4.69, 9.17) is 18.5 Å². The normalized spacial score (nSPS) is 13.0. The standard InChI is InChI=1S/C33H68NO6P/c1-3-5-7-9-11-13-15-17-19-21-23-25-28-37-30-32(31-39-41(36)38-29-27-34)40-33(35)26-24-22-20-18-16-14-12-10-8-6-4-2/h32,41H,3-31,34H2,1-2H3/p+1. The quantitative estimate of drug-likeness (QED) is 0.0453. The highest BCUT2D eigenvalue weighted by Gasteiger charge is 2.19. The third kappa shape index (κ3) is 32.4. The Hall–Kier alpha value is -0.300. The van der Waals surface area contributed by atoms with Crippen LogP contribution in [0.15, 0.2) is 0 Å². The van der Waals surface area contributed by atoms with Gasteiger partial charge in [0, 0.05) is 13.0 Å². The maximum atomic E-state index is 12.4. The van der Waals surface area contributed by atoms with Crippen LogP contribution in [0.25, 0.3) is 0 Å². The van der Waals surface area contributed by atoms with E-state index in [1.165, 1.54) is 122 Å². The summed E-state index contributed by atoms with van der Waals surface area (Å²) < 4.78 is 21.9. The first-order valence-electron chi connectivity index (χ1n) is 17.5. The average molecular weight is 607 g/mol. The summed E-state index contributed by atoms with van der Waals surface area (Å²) in [6.07, 6.45) is 29.1. The Bertz CT molecular complexity index is 528. The SMILES string of the molecule is CCCCCCCCCCCCCCOCC(CO[PH+]([O-])OCC[NH3+])OC(=O)CCCCCCCCCCCCC. The van der Waals surface area contributed by atoms with Crippen LogP contribution in [0.2, 0.25) is 0 Å². The summed E-state index contributed by atoms with van der Waals surface area (Å²) in [6, 6.07) is 0. The van der Waals surface area contributed by atoms with Gasteiger partial charge in [0.05, 0.1) is 6.61 Å². The molecule has 2 atom stereocenters. The lowest BCUT2D eigenvalue weighted by molar-refractivity contribution is -0.372. The first-order chi connectivity index (χ1) is 20.1. The minimum Gasteiger partial charge on any atom is -0.633 e. The topological polar surface area (TPSA) is 105 Å². The number of ether oxygens (including phenoxy) is 2. The van der Waals surface area contributed by atoms with E-state index in [1.807, 2.05) is 0 Å². The zero-order chi connectivity index (χ0) is 30.1. The van der Waals surface area contributed by atoms with E-state index in [0.29, 0.717) is 19.6 Å². The molecule has 0 aliphatic heterocycles. The van der Waals surface area contributed by atoms with E-state index in [2.05, 4.69) is 19.6 Å². The third-order valence-electron chi connectivity index (χ3n) is 7.48. The molecule has 0 rings (SSSR count). The molecule has 0 aliphatic carbocycles. The largest absolute Gasteiger partial charge is 0.633 e. The second-order valence-electron chi connectivity index (χ2n) is 11.6. The Morgan fingerprint density at radius 2 is 1.05 bits per heavy atom. The van der Waals surface area contributed by atoms with Crippen LogP contribution in [0.1, 0.15) is 168 Å². The van der Waals surface area contributed by atoms with Crippen molar-refractivity contribution in [2.45, 2.75) is 174 Å². The molecular formula is C33H69NO6P+. The van der Waals surface area contributed by atoms with Gasteiger partial charge >= 0.3 is 5.97 Å². The maximum Gasteiger partial charge on any atom is 0.306 e. The number of esters is 1. The van der Waals surface area contributed by atoms with Crippen LogP contribution in [0.5, 0.6) is 0 Å². The highest BCUT2D eigenvalue weighted by Crippen LogP contribution is 2.27. The zero-order valence-corrected chi connectivity index (χ0v) is 28.2. The molecule has 0 aromatic rings. The second-order valence-corrected chi connectivity index (χ2v) is 12.7. The molecule has 0 fully saturated rings. The summed E-state index contributed by atoms with van der Waals surface area (Å²) in [5, 5.41) is 0. The van der Waals surface area contributed by atoms with Crippen LogP contribution in [0, 0.1) is 0 Å². The number of rotatable bonds is 34.